The minimum Gasteiger partial charge on any atom is -0.423 e. The number of carbonyl (C=O) groups excluding carboxylic acids is 1. The van der Waals surface area contributed by atoms with Crippen molar-refractivity contribution in [3.63, 3.8) is 0 Å². The van der Waals surface area contributed by atoms with E-state index in [-0.39, 0.29) is 17.6 Å². The normalized spacial score (nSPS) is 12.1. The Bertz CT molecular complexity index is 1040. The number of nitrogens with one attached hydrogen (secondary N) is 1. The molecule has 5 heteroatoms. The molecule has 0 unspecified atom stereocenters. The van der Waals surface area contributed by atoms with Crippen LogP contribution in [0.15, 0.2) is 57.7 Å². The molecule has 0 fully saturated rings. The number of hydrogen-bond donors (Lipinski definition) is 1. The summed E-state index contributed by atoms with van der Waals surface area (Å²) in [5.74, 6) is 0.980. The summed E-state index contributed by atoms with van der Waals surface area (Å²) in [6.07, 6.45) is 1.85. The minimum atomic E-state index is -0.352. The predicted octanol–water partition coefficient (Wildman–Crippen LogP) is 4.78. The van der Waals surface area contributed by atoms with Crippen molar-refractivity contribution in [3.8, 4) is 0 Å². The first-order valence-corrected chi connectivity index (χ1v) is 11.0. The van der Waals surface area contributed by atoms with Crippen LogP contribution in [-0.4, -0.2) is 17.7 Å². The predicted molar refractivity (Wildman–Crippen MR) is 120 cm³/mol. The lowest BCUT2D eigenvalue weighted by Crippen LogP contribution is -2.34. The first kappa shape index (κ1) is 21.2. The summed E-state index contributed by atoms with van der Waals surface area (Å²) in [5.41, 5.74) is 4.69. The second-order valence-corrected chi connectivity index (χ2v) is 8.49. The van der Waals surface area contributed by atoms with Crippen molar-refractivity contribution in [3.05, 3.63) is 81.2 Å². The van der Waals surface area contributed by atoms with Crippen molar-refractivity contribution in [2.24, 2.45) is 0 Å². The first-order chi connectivity index (χ1) is 13.9. The van der Waals surface area contributed by atoms with Crippen LogP contribution in [0.4, 0.5) is 0 Å². The smallest absolute Gasteiger partial charge is 0.336 e. The van der Waals surface area contributed by atoms with Gasteiger partial charge in [-0.3, -0.25) is 4.79 Å². The van der Waals surface area contributed by atoms with E-state index in [0.717, 1.165) is 34.9 Å². The van der Waals surface area contributed by atoms with Gasteiger partial charge in [0, 0.05) is 23.2 Å². The topological polar surface area (TPSA) is 59.3 Å². The van der Waals surface area contributed by atoms with Crippen molar-refractivity contribution < 1.29 is 9.21 Å². The van der Waals surface area contributed by atoms with Crippen LogP contribution in [0.5, 0.6) is 0 Å². The Morgan fingerprint density at radius 1 is 1.10 bits per heavy atom. The molecule has 0 radical (unpaired) electrons. The Morgan fingerprint density at radius 2 is 1.83 bits per heavy atom. The Labute approximate surface area is 175 Å². The van der Waals surface area contributed by atoms with Gasteiger partial charge in [-0.05, 0) is 68.0 Å². The molecule has 0 aliphatic carbocycles. The summed E-state index contributed by atoms with van der Waals surface area (Å²) >= 11 is 1.51. The number of amides is 1. The van der Waals surface area contributed by atoms with Gasteiger partial charge in [-0.15, -0.1) is 11.8 Å². The highest BCUT2D eigenvalue weighted by molar-refractivity contribution is 7.99. The van der Waals surface area contributed by atoms with Gasteiger partial charge < -0.3 is 9.73 Å². The SMILES string of the molecule is Cc1cc2oc(=O)cc(CSCC(=O)N[C@@H](C)CCc3ccccc3)c2cc1C. The highest BCUT2D eigenvalue weighted by Gasteiger charge is 2.11. The lowest BCUT2D eigenvalue weighted by molar-refractivity contribution is -0.119. The summed E-state index contributed by atoms with van der Waals surface area (Å²) in [4.78, 5) is 24.1. The highest BCUT2D eigenvalue weighted by Crippen LogP contribution is 2.24. The van der Waals surface area contributed by atoms with Crippen LogP contribution < -0.4 is 10.9 Å². The Morgan fingerprint density at radius 3 is 2.59 bits per heavy atom. The second-order valence-electron chi connectivity index (χ2n) is 7.51. The van der Waals surface area contributed by atoms with Gasteiger partial charge in [-0.25, -0.2) is 4.79 Å². The molecule has 29 heavy (non-hydrogen) atoms. The molecule has 0 bridgehead atoms. The minimum absolute atomic E-state index is 0.0230. The second kappa shape index (κ2) is 9.79. The van der Waals surface area contributed by atoms with E-state index >= 15 is 0 Å². The van der Waals surface area contributed by atoms with E-state index in [4.69, 9.17) is 4.42 Å². The summed E-state index contributed by atoms with van der Waals surface area (Å²) in [7, 11) is 0. The largest absolute Gasteiger partial charge is 0.423 e. The Kier molecular flexibility index (Phi) is 7.15. The molecule has 1 amide bonds. The molecule has 0 saturated heterocycles. The van der Waals surface area contributed by atoms with E-state index < -0.39 is 0 Å². The fraction of sp³-hybridized carbons (Fsp3) is 0.333. The summed E-state index contributed by atoms with van der Waals surface area (Å²) < 4.78 is 5.34. The average Bonchev–Trinajstić information content (AvgIpc) is 2.68. The first-order valence-electron chi connectivity index (χ1n) is 9.87. The maximum absolute atomic E-state index is 12.3. The summed E-state index contributed by atoms with van der Waals surface area (Å²) in [6, 6.07) is 15.9. The van der Waals surface area contributed by atoms with Crippen molar-refractivity contribution in [2.45, 2.75) is 45.4 Å². The van der Waals surface area contributed by atoms with Crippen molar-refractivity contribution >= 4 is 28.6 Å². The van der Waals surface area contributed by atoms with Crippen molar-refractivity contribution in [1.82, 2.24) is 5.32 Å². The number of fused-ring (bicyclic) bond motifs is 1. The number of rotatable bonds is 8. The highest BCUT2D eigenvalue weighted by atomic mass is 32.2. The molecule has 0 aliphatic heterocycles. The molecular formula is C24H27NO3S. The van der Waals surface area contributed by atoms with Crippen LogP contribution in [0.25, 0.3) is 11.0 Å². The Balaban J connectivity index is 1.52. The average molecular weight is 410 g/mol. The van der Waals surface area contributed by atoms with Crippen LogP contribution >= 0.6 is 11.8 Å². The van der Waals surface area contributed by atoms with Crippen molar-refractivity contribution in [1.29, 1.82) is 0 Å². The van der Waals surface area contributed by atoms with Crippen LogP contribution in [0.1, 0.15) is 35.6 Å². The van der Waals surface area contributed by atoms with Crippen molar-refractivity contribution in [2.75, 3.05) is 5.75 Å². The summed E-state index contributed by atoms with van der Waals surface area (Å²) in [5, 5.41) is 4.00. The van der Waals surface area contributed by atoms with Gasteiger partial charge in [-0.2, -0.15) is 0 Å². The molecule has 152 valence electrons. The molecule has 0 aliphatic rings. The van der Waals surface area contributed by atoms with Gasteiger partial charge in [-0.1, -0.05) is 30.3 Å². The van der Waals surface area contributed by atoms with Gasteiger partial charge in [0.25, 0.3) is 0 Å². The number of hydrogen-bond acceptors (Lipinski definition) is 4. The lowest BCUT2D eigenvalue weighted by atomic mass is 10.0. The van der Waals surface area contributed by atoms with Gasteiger partial charge in [0.1, 0.15) is 5.58 Å². The summed E-state index contributed by atoms with van der Waals surface area (Å²) in [6.45, 7) is 6.08. The maximum atomic E-state index is 12.3. The van der Waals surface area contributed by atoms with Gasteiger partial charge in [0.05, 0.1) is 5.75 Å². The molecule has 4 nitrogen and oxygen atoms in total. The van der Waals surface area contributed by atoms with Crippen LogP contribution in [0, 0.1) is 13.8 Å². The number of benzene rings is 2. The third-order valence-electron chi connectivity index (χ3n) is 5.05. The zero-order valence-electron chi connectivity index (χ0n) is 17.2. The van der Waals surface area contributed by atoms with E-state index in [0.29, 0.717) is 17.1 Å². The van der Waals surface area contributed by atoms with E-state index in [1.165, 1.54) is 23.4 Å². The van der Waals surface area contributed by atoms with Gasteiger partial charge in [0.2, 0.25) is 5.91 Å². The number of aryl methyl sites for hydroxylation is 3. The van der Waals surface area contributed by atoms with E-state index in [1.807, 2.05) is 45.0 Å². The quantitative estimate of drug-likeness (QED) is 0.544. The molecule has 1 aromatic heterocycles. The van der Waals surface area contributed by atoms with Crippen LogP contribution in [0.3, 0.4) is 0 Å². The zero-order chi connectivity index (χ0) is 20.8. The Hall–Kier alpha value is -2.53. The van der Waals surface area contributed by atoms with Gasteiger partial charge in [0.15, 0.2) is 0 Å². The zero-order valence-corrected chi connectivity index (χ0v) is 18.0. The third-order valence-corrected chi connectivity index (χ3v) is 6.03. The molecular weight excluding hydrogens is 382 g/mol. The van der Waals surface area contributed by atoms with E-state index in [1.54, 1.807) is 0 Å². The molecule has 3 rings (SSSR count). The molecule has 0 saturated carbocycles. The molecule has 1 heterocycles. The molecule has 3 aromatic rings. The van der Waals surface area contributed by atoms with Crippen LogP contribution in [-0.2, 0) is 17.0 Å². The fourth-order valence-electron chi connectivity index (χ4n) is 3.27. The monoisotopic (exact) mass is 409 g/mol. The van der Waals surface area contributed by atoms with E-state index in [9.17, 15) is 9.59 Å². The molecule has 1 N–H and O–H groups in total. The van der Waals surface area contributed by atoms with E-state index in [2.05, 4.69) is 23.5 Å². The lowest BCUT2D eigenvalue weighted by Gasteiger charge is -2.14. The fourth-order valence-corrected chi connectivity index (χ4v) is 4.10. The van der Waals surface area contributed by atoms with Gasteiger partial charge >= 0.3 is 5.63 Å². The standard InChI is InChI=1S/C24H27NO3S/c1-16-11-21-20(13-24(27)28-22(21)12-17(16)2)14-29-15-23(26)25-18(3)9-10-19-7-5-4-6-8-19/h4-8,11-13,18H,9-10,14-15H2,1-3H3,(H,25,26)/t18-/m0/s1. The molecule has 1 atom stereocenters. The number of carbonyl (C=O) groups is 1. The van der Waals surface area contributed by atoms with Crippen LogP contribution in [0.2, 0.25) is 0 Å². The maximum Gasteiger partial charge on any atom is 0.336 e. The molecule has 0 spiro atoms. The third kappa shape index (κ3) is 5.97. The molecule has 2 aromatic carbocycles. The number of thioether (sulfide) groups is 1.